The number of fused-ring (bicyclic) bond motifs is 1. The molecule has 1 aliphatic rings. The molecule has 3 nitrogen and oxygen atoms in total. The van der Waals surface area contributed by atoms with E-state index in [1.54, 1.807) is 0 Å². The van der Waals surface area contributed by atoms with E-state index in [4.69, 9.17) is 18.0 Å². The fraction of sp³-hybridized carbons (Fsp3) is 0.125. The van der Waals surface area contributed by atoms with Gasteiger partial charge in [0.05, 0.1) is 0 Å². The van der Waals surface area contributed by atoms with Gasteiger partial charge in [-0.15, -0.1) is 0 Å². The first-order valence-electron chi connectivity index (χ1n) is 3.69. The number of hydrogen-bond acceptors (Lipinski definition) is 2. The first-order chi connectivity index (χ1) is 5.75. The first kappa shape index (κ1) is 7.36. The second-order valence-corrected chi connectivity index (χ2v) is 3.13. The SMILES string of the molecule is Nc1ccc2c(c1)CNC(=S)N2. The third-order valence-electron chi connectivity index (χ3n) is 1.82. The zero-order chi connectivity index (χ0) is 8.55. The molecule has 4 heteroatoms. The van der Waals surface area contributed by atoms with Crippen molar-refractivity contribution < 1.29 is 0 Å². The minimum Gasteiger partial charge on any atom is -0.399 e. The van der Waals surface area contributed by atoms with E-state index in [1.807, 2.05) is 18.2 Å². The fourth-order valence-corrected chi connectivity index (χ4v) is 1.41. The van der Waals surface area contributed by atoms with Gasteiger partial charge >= 0.3 is 0 Å². The lowest BCUT2D eigenvalue weighted by atomic mass is 10.1. The van der Waals surface area contributed by atoms with Crippen molar-refractivity contribution >= 4 is 28.7 Å². The Hall–Kier alpha value is -1.29. The molecule has 12 heavy (non-hydrogen) atoms. The van der Waals surface area contributed by atoms with Gasteiger partial charge in [-0.25, -0.2) is 0 Å². The summed E-state index contributed by atoms with van der Waals surface area (Å²) >= 11 is 4.96. The molecule has 2 rings (SSSR count). The summed E-state index contributed by atoms with van der Waals surface area (Å²) in [6.45, 7) is 0.756. The van der Waals surface area contributed by atoms with E-state index in [0.717, 1.165) is 23.5 Å². The number of anilines is 2. The molecular formula is C8H9N3S. The highest BCUT2D eigenvalue weighted by Gasteiger charge is 2.10. The van der Waals surface area contributed by atoms with Crippen LogP contribution in [0.25, 0.3) is 0 Å². The van der Waals surface area contributed by atoms with Crippen LogP contribution in [-0.2, 0) is 6.54 Å². The van der Waals surface area contributed by atoms with E-state index in [-0.39, 0.29) is 0 Å². The highest BCUT2D eigenvalue weighted by molar-refractivity contribution is 7.80. The molecule has 1 aromatic carbocycles. The largest absolute Gasteiger partial charge is 0.399 e. The number of thiocarbonyl (C=S) groups is 1. The summed E-state index contributed by atoms with van der Waals surface area (Å²) in [7, 11) is 0. The Labute approximate surface area is 76.0 Å². The van der Waals surface area contributed by atoms with Gasteiger partial charge in [0.25, 0.3) is 0 Å². The van der Waals surface area contributed by atoms with Crippen molar-refractivity contribution in [1.29, 1.82) is 0 Å². The molecule has 4 N–H and O–H groups in total. The molecular weight excluding hydrogens is 170 g/mol. The topological polar surface area (TPSA) is 50.1 Å². The van der Waals surface area contributed by atoms with Gasteiger partial charge in [-0.3, -0.25) is 0 Å². The van der Waals surface area contributed by atoms with Gasteiger partial charge in [0.1, 0.15) is 0 Å². The summed E-state index contributed by atoms with van der Waals surface area (Å²) in [5.41, 5.74) is 8.62. The van der Waals surface area contributed by atoms with Gasteiger partial charge in [-0.2, -0.15) is 0 Å². The molecule has 62 valence electrons. The third-order valence-corrected chi connectivity index (χ3v) is 2.06. The second kappa shape index (κ2) is 2.64. The van der Waals surface area contributed by atoms with Crippen molar-refractivity contribution in [3.8, 4) is 0 Å². The maximum absolute atomic E-state index is 5.63. The van der Waals surface area contributed by atoms with E-state index in [0.29, 0.717) is 5.11 Å². The highest BCUT2D eigenvalue weighted by atomic mass is 32.1. The number of nitrogens with one attached hydrogen (secondary N) is 2. The molecule has 1 aliphatic heterocycles. The molecule has 0 bridgehead atoms. The fourth-order valence-electron chi connectivity index (χ4n) is 1.22. The van der Waals surface area contributed by atoms with Crippen molar-refractivity contribution in [2.75, 3.05) is 11.1 Å². The van der Waals surface area contributed by atoms with Crippen molar-refractivity contribution in [2.45, 2.75) is 6.54 Å². The van der Waals surface area contributed by atoms with Crippen molar-refractivity contribution in [3.63, 3.8) is 0 Å². The average Bonchev–Trinajstić information content (AvgIpc) is 2.05. The van der Waals surface area contributed by atoms with Crippen LogP contribution in [0.5, 0.6) is 0 Å². The van der Waals surface area contributed by atoms with Gasteiger partial charge in [-0.05, 0) is 36.0 Å². The smallest absolute Gasteiger partial charge is 0.171 e. The van der Waals surface area contributed by atoms with Crippen LogP contribution in [0, 0.1) is 0 Å². The molecule has 0 spiro atoms. The van der Waals surface area contributed by atoms with E-state index in [2.05, 4.69) is 10.6 Å². The summed E-state index contributed by atoms with van der Waals surface area (Å²) in [5.74, 6) is 0. The molecule has 0 fully saturated rings. The lowest BCUT2D eigenvalue weighted by Crippen LogP contribution is -2.33. The van der Waals surface area contributed by atoms with E-state index >= 15 is 0 Å². The predicted molar refractivity (Wildman–Crippen MR) is 53.9 cm³/mol. The highest BCUT2D eigenvalue weighted by Crippen LogP contribution is 2.20. The zero-order valence-electron chi connectivity index (χ0n) is 6.42. The maximum atomic E-state index is 5.63. The average molecular weight is 179 g/mol. The standard InChI is InChI=1S/C8H9N3S/c9-6-1-2-7-5(3-6)4-10-8(12)11-7/h1-3H,4,9H2,(H2,10,11,12). The van der Waals surface area contributed by atoms with Crippen LogP contribution in [-0.4, -0.2) is 5.11 Å². The van der Waals surface area contributed by atoms with Gasteiger partial charge in [0.15, 0.2) is 5.11 Å². The summed E-state index contributed by atoms with van der Waals surface area (Å²) in [4.78, 5) is 0. The van der Waals surface area contributed by atoms with Gasteiger partial charge in [-0.1, -0.05) is 0 Å². The van der Waals surface area contributed by atoms with Crippen LogP contribution in [0.4, 0.5) is 11.4 Å². The third kappa shape index (κ3) is 1.21. The van der Waals surface area contributed by atoms with E-state index in [9.17, 15) is 0 Å². The van der Waals surface area contributed by atoms with E-state index in [1.165, 1.54) is 0 Å². The number of rotatable bonds is 0. The summed E-state index contributed by atoms with van der Waals surface area (Å²) < 4.78 is 0. The van der Waals surface area contributed by atoms with Gasteiger partial charge in [0, 0.05) is 17.9 Å². The molecule has 0 saturated carbocycles. The Morgan fingerprint density at radius 3 is 3.08 bits per heavy atom. The molecule has 0 saturated heterocycles. The molecule has 0 amide bonds. The minimum absolute atomic E-state index is 0.673. The number of benzene rings is 1. The van der Waals surface area contributed by atoms with Crippen LogP contribution in [0.1, 0.15) is 5.56 Å². The number of nitrogen functional groups attached to an aromatic ring is 1. The van der Waals surface area contributed by atoms with Crippen molar-refractivity contribution in [3.05, 3.63) is 23.8 Å². The van der Waals surface area contributed by atoms with Gasteiger partial charge in [0.2, 0.25) is 0 Å². The molecule has 0 atom stereocenters. The van der Waals surface area contributed by atoms with Crippen LogP contribution in [0.2, 0.25) is 0 Å². The molecule has 0 aliphatic carbocycles. The van der Waals surface area contributed by atoms with Crippen LogP contribution in [0.3, 0.4) is 0 Å². The Balaban J connectivity index is 2.43. The summed E-state index contributed by atoms with van der Waals surface area (Å²) in [5, 5.41) is 6.76. The van der Waals surface area contributed by atoms with Crippen molar-refractivity contribution in [2.24, 2.45) is 0 Å². The Kier molecular flexibility index (Phi) is 1.62. The quantitative estimate of drug-likeness (QED) is 0.412. The summed E-state index contributed by atoms with van der Waals surface area (Å²) in [6, 6.07) is 5.74. The molecule has 0 radical (unpaired) electrons. The maximum Gasteiger partial charge on any atom is 0.171 e. The lowest BCUT2D eigenvalue weighted by molar-refractivity contribution is 0.909. The monoisotopic (exact) mass is 179 g/mol. The first-order valence-corrected chi connectivity index (χ1v) is 4.10. The number of hydrogen-bond donors (Lipinski definition) is 3. The van der Waals surface area contributed by atoms with Gasteiger partial charge < -0.3 is 16.4 Å². The lowest BCUT2D eigenvalue weighted by Gasteiger charge is -2.20. The Morgan fingerprint density at radius 1 is 1.42 bits per heavy atom. The van der Waals surface area contributed by atoms with Crippen LogP contribution >= 0.6 is 12.2 Å². The molecule has 0 aromatic heterocycles. The molecule has 1 heterocycles. The van der Waals surface area contributed by atoms with Crippen LogP contribution < -0.4 is 16.4 Å². The van der Waals surface area contributed by atoms with Crippen molar-refractivity contribution in [1.82, 2.24) is 5.32 Å². The zero-order valence-corrected chi connectivity index (χ0v) is 7.24. The molecule has 0 unspecified atom stereocenters. The summed E-state index contributed by atoms with van der Waals surface area (Å²) in [6.07, 6.45) is 0. The second-order valence-electron chi connectivity index (χ2n) is 2.72. The van der Waals surface area contributed by atoms with E-state index < -0.39 is 0 Å². The molecule has 1 aromatic rings. The number of nitrogens with two attached hydrogens (primary N) is 1. The predicted octanol–water partition coefficient (Wildman–Crippen LogP) is 1.07. The minimum atomic E-state index is 0.673. The van der Waals surface area contributed by atoms with Crippen LogP contribution in [0.15, 0.2) is 18.2 Å². The normalized spacial score (nSPS) is 14.5. The Bertz CT molecular complexity index is 335. The Morgan fingerprint density at radius 2 is 2.25 bits per heavy atom.